The summed E-state index contributed by atoms with van der Waals surface area (Å²) >= 11 is 0. The molecule has 150 valence electrons. The number of carbonyl (C=O) groups is 2. The molecule has 2 aromatic heterocycles. The minimum atomic E-state index is -0.277. The summed E-state index contributed by atoms with van der Waals surface area (Å²) in [5.74, 6) is -0.350. The Labute approximate surface area is 167 Å². The van der Waals surface area contributed by atoms with Crippen molar-refractivity contribution < 1.29 is 14.3 Å². The Balaban J connectivity index is 1.38. The van der Waals surface area contributed by atoms with Crippen molar-refractivity contribution in [3.63, 3.8) is 0 Å². The first-order valence-electron chi connectivity index (χ1n) is 9.41. The van der Waals surface area contributed by atoms with Crippen molar-refractivity contribution in [2.75, 3.05) is 43.5 Å². The number of fused-ring (bicyclic) bond motifs is 1. The molecule has 2 amide bonds. The largest absolute Gasteiger partial charge is 0.379 e. The molecule has 2 N–H and O–H groups in total. The quantitative estimate of drug-likeness (QED) is 0.681. The van der Waals surface area contributed by atoms with Crippen LogP contribution in [0.5, 0.6) is 0 Å². The molecule has 9 heteroatoms. The van der Waals surface area contributed by atoms with E-state index in [0.29, 0.717) is 48.0 Å². The maximum Gasteiger partial charge on any atom is 0.261 e. The van der Waals surface area contributed by atoms with Gasteiger partial charge < -0.3 is 15.4 Å². The second-order valence-electron chi connectivity index (χ2n) is 6.82. The molecule has 0 atom stereocenters. The van der Waals surface area contributed by atoms with E-state index in [1.165, 1.54) is 0 Å². The van der Waals surface area contributed by atoms with Gasteiger partial charge in [-0.2, -0.15) is 5.10 Å². The number of rotatable bonds is 5. The second-order valence-corrected chi connectivity index (χ2v) is 6.82. The topological polar surface area (TPSA) is 101 Å². The zero-order valence-corrected chi connectivity index (χ0v) is 16.1. The van der Waals surface area contributed by atoms with Gasteiger partial charge in [-0.3, -0.25) is 14.5 Å². The number of aromatic nitrogens is 3. The summed E-state index contributed by atoms with van der Waals surface area (Å²) in [5, 5.41) is 10.0. The van der Waals surface area contributed by atoms with E-state index >= 15 is 0 Å². The fourth-order valence-electron chi connectivity index (χ4n) is 3.26. The van der Waals surface area contributed by atoms with Crippen molar-refractivity contribution in [1.82, 2.24) is 19.5 Å². The van der Waals surface area contributed by atoms with Gasteiger partial charge in [0.15, 0.2) is 5.65 Å². The molecular formula is C20H22N6O3. The third-order valence-electron chi connectivity index (χ3n) is 4.69. The van der Waals surface area contributed by atoms with Crippen LogP contribution in [0.4, 0.5) is 11.4 Å². The van der Waals surface area contributed by atoms with Gasteiger partial charge in [-0.05, 0) is 37.3 Å². The van der Waals surface area contributed by atoms with Gasteiger partial charge in [0.25, 0.3) is 5.91 Å². The second kappa shape index (κ2) is 8.38. The van der Waals surface area contributed by atoms with Gasteiger partial charge in [0.05, 0.1) is 25.5 Å². The Kier molecular flexibility index (Phi) is 5.50. The summed E-state index contributed by atoms with van der Waals surface area (Å²) in [5.41, 5.74) is 2.85. The molecule has 1 aliphatic rings. The molecule has 3 aromatic rings. The van der Waals surface area contributed by atoms with Crippen molar-refractivity contribution >= 4 is 28.8 Å². The van der Waals surface area contributed by atoms with Crippen LogP contribution in [0.2, 0.25) is 0 Å². The van der Waals surface area contributed by atoms with E-state index in [1.54, 1.807) is 54.2 Å². The molecule has 0 radical (unpaired) electrons. The monoisotopic (exact) mass is 394 g/mol. The molecule has 1 fully saturated rings. The Bertz CT molecular complexity index is 1020. The molecule has 0 spiro atoms. The molecule has 0 unspecified atom stereocenters. The zero-order valence-electron chi connectivity index (χ0n) is 16.1. The van der Waals surface area contributed by atoms with Crippen LogP contribution in [0, 0.1) is 6.92 Å². The number of hydrogen-bond acceptors (Lipinski definition) is 6. The van der Waals surface area contributed by atoms with E-state index in [0.717, 1.165) is 13.1 Å². The highest BCUT2D eigenvalue weighted by Gasteiger charge is 2.18. The van der Waals surface area contributed by atoms with Gasteiger partial charge in [0.1, 0.15) is 5.56 Å². The first-order chi connectivity index (χ1) is 14.1. The van der Waals surface area contributed by atoms with E-state index in [2.05, 4.69) is 25.6 Å². The number of benzene rings is 1. The van der Waals surface area contributed by atoms with Crippen LogP contribution in [0.25, 0.3) is 5.65 Å². The van der Waals surface area contributed by atoms with Crippen molar-refractivity contribution in [3.05, 3.63) is 54.0 Å². The number of morpholine rings is 1. The zero-order chi connectivity index (χ0) is 20.2. The minimum Gasteiger partial charge on any atom is -0.379 e. The molecule has 1 saturated heterocycles. The highest BCUT2D eigenvalue weighted by atomic mass is 16.5. The summed E-state index contributed by atoms with van der Waals surface area (Å²) in [6, 6.07) is 8.77. The molecule has 9 nitrogen and oxygen atoms in total. The molecule has 0 saturated carbocycles. The van der Waals surface area contributed by atoms with Crippen LogP contribution >= 0.6 is 0 Å². The SMILES string of the molecule is Cc1nn2cccnc2c1C(=O)Nc1ccc(NC(=O)CN2CCOCC2)cc1. The van der Waals surface area contributed by atoms with Gasteiger partial charge in [0, 0.05) is 36.9 Å². The summed E-state index contributed by atoms with van der Waals surface area (Å²) in [4.78, 5) is 31.2. The average molecular weight is 394 g/mol. The van der Waals surface area contributed by atoms with E-state index in [-0.39, 0.29) is 11.8 Å². The minimum absolute atomic E-state index is 0.0725. The van der Waals surface area contributed by atoms with Crippen molar-refractivity contribution in [2.45, 2.75) is 6.92 Å². The van der Waals surface area contributed by atoms with Gasteiger partial charge in [-0.15, -0.1) is 0 Å². The fourth-order valence-corrected chi connectivity index (χ4v) is 3.26. The first-order valence-corrected chi connectivity index (χ1v) is 9.41. The van der Waals surface area contributed by atoms with Crippen LogP contribution < -0.4 is 10.6 Å². The average Bonchev–Trinajstić information content (AvgIpc) is 3.06. The number of ether oxygens (including phenoxy) is 1. The number of carbonyl (C=O) groups excluding carboxylic acids is 2. The third kappa shape index (κ3) is 4.41. The lowest BCUT2D eigenvalue weighted by Crippen LogP contribution is -2.41. The van der Waals surface area contributed by atoms with Crippen LogP contribution in [-0.2, 0) is 9.53 Å². The van der Waals surface area contributed by atoms with Gasteiger partial charge in [0.2, 0.25) is 5.91 Å². The third-order valence-corrected chi connectivity index (χ3v) is 4.69. The number of nitrogens with zero attached hydrogens (tertiary/aromatic N) is 4. The molecule has 0 aliphatic carbocycles. The summed E-state index contributed by atoms with van der Waals surface area (Å²) in [6.07, 6.45) is 3.38. The summed E-state index contributed by atoms with van der Waals surface area (Å²) < 4.78 is 6.87. The van der Waals surface area contributed by atoms with Crippen LogP contribution in [0.15, 0.2) is 42.7 Å². The van der Waals surface area contributed by atoms with Crippen molar-refractivity contribution in [2.24, 2.45) is 0 Å². The Morgan fingerprint density at radius 2 is 1.79 bits per heavy atom. The Hall–Kier alpha value is -3.30. The Morgan fingerprint density at radius 1 is 1.10 bits per heavy atom. The van der Waals surface area contributed by atoms with E-state index in [9.17, 15) is 9.59 Å². The van der Waals surface area contributed by atoms with Gasteiger partial charge in [-0.1, -0.05) is 0 Å². The summed E-state index contributed by atoms with van der Waals surface area (Å²) in [7, 11) is 0. The Morgan fingerprint density at radius 3 is 2.52 bits per heavy atom. The maximum absolute atomic E-state index is 12.7. The predicted octanol–water partition coefficient (Wildman–Crippen LogP) is 1.56. The van der Waals surface area contributed by atoms with Crippen LogP contribution in [-0.4, -0.2) is 64.2 Å². The lowest BCUT2D eigenvalue weighted by Gasteiger charge is -2.25. The van der Waals surface area contributed by atoms with Gasteiger partial charge >= 0.3 is 0 Å². The van der Waals surface area contributed by atoms with E-state index in [1.807, 2.05) is 0 Å². The molecule has 0 bridgehead atoms. The maximum atomic E-state index is 12.7. The molecule has 29 heavy (non-hydrogen) atoms. The van der Waals surface area contributed by atoms with Crippen LogP contribution in [0.1, 0.15) is 16.1 Å². The van der Waals surface area contributed by atoms with Crippen molar-refractivity contribution in [3.8, 4) is 0 Å². The lowest BCUT2D eigenvalue weighted by molar-refractivity contribution is -0.118. The standard InChI is InChI=1S/C20H22N6O3/c1-14-18(19-21-7-2-8-26(19)24-14)20(28)23-16-5-3-15(4-6-16)22-17(27)13-25-9-11-29-12-10-25/h2-8H,9-13H2,1H3,(H,22,27)(H,23,28). The van der Waals surface area contributed by atoms with Gasteiger partial charge in [-0.25, -0.2) is 9.50 Å². The number of aryl methyl sites for hydroxylation is 1. The number of hydrogen-bond donors (Lipinski definition) is 2. The molecule has 1 aliphatic heterocycles. The molecular weight excluding hydrogens is 372 g/mol. The lowest BCUT2D eigenvalue weighted by atomic mass is 10.2. The normalized spacial score (nSPS) is 14.7. The molecule has 1 aromatic carbocycles. The first kappa shape index (κ1) is 19.0. The summed E-state index contributed by atoms with van der Waals surface area (Å²) in [6.45, 7) is 4.94. The highest BCUT2D eigenvalue weighted by Crippen LogP contribution is 2.18. The number of amides is 2. The highest BCUT2D eigenvalue weighted by molar-refractivity contribution is 6.09. The van der Waals surface area contributed by atoms with Crippen molar-refractivity contribution in [1.29, 1.82) is 0 Å². The smallest absolute Gasteiger partial charge is 0.261 e. The number of anilines is 2. The van der Waals surface area contributed by atoms with Crippen LogP contribution in [0.3, 0.4) is 0 Å². The number of nitrogens with one attached hydrogen (secondary N) is 2. The molecule has 4 rings (SSSR count). The fraction of sp³-hybridized carbons (Fsp3) is 0.300. The molecule has 3 heterocycles. The predicted molar refractivity (Wildman–Crippen MR) is 108 cm³/mol. The van der Waals surface area contributed by atoms with E-state index < -0.39 is 0 Å². The van der Waals surface area contributed by atoms with E-state index in [4.69, 9.17) is 4.74 Å².